The van der Waals surface area contributed by atoms with E-state index < -0.39 is 0 Å². The molecular weight excluding hydrogens is 228 g/mol. The fourth-order valence-corrected chi connectivity index (χ4v) is 2.07. The van der Waals surface area contributed by atoms with Gasteiger partial charge in [-0.25, -0.2) is 5.43 Å². The second kappa shape index (κ2) is 5.20. The molecule has 0 bridgehead atoms. The number of aromatic nitrogens is 2. The van der Waals surface area contributed by atoms with Gasteiger partial charge in [-0.2, -0.15) is 5.10 Å². The van der Waals surface area contributed by atoms with Crippen LogP contribution in [0, 0.1) is 6.92 Å². The first-order valence-corrected chi connectivity index (χ1v) is 5.76. The minimum atomic E-state index is -0.105. The Balaban J connectivity index is 2.41. The molecule has 0 fully saturated rings. The van der Waals surface area contributed by atoms with Crippen LogP contribution in [0.25, 0.3) is 0 Å². The summed E-state index contributed by atoms with van der Waals surface area (Å²) in [5, 5.41) is 4.34. The standard InChI is InChI=1S/C13H18N4O/c1-9-7-12(17(2)16-9)13(15-14)10-5-4-6-11(8-10)18-3/h4-8,13,15H,14H2,1-3H3. The predicted molar refractivity (Wildman–Crippen MR) is 70.1 cm³/mol. The molecule has 3 N–H and O–H groups in total. The number of nitrogens with one attached hydrogen (secondary N) is 1. The molecule has 96 valence electrons. The lowest BCUT2D eigenvalue weighted by Crippen LogP contribution is -2.30. The number of methoxy groups -OCH3 is 1. The van der Waals surface area contributed by atoms with E-state index in [-0.39, 0.29) is 6.04 Å². The molecule has 2 aromatic rings. The van der Waals surface area contributed by atoms with Crippen molar-refractivity contribution in [3.05, 3.63) is 47.3 Å². The molecule has 0 amide bonds. The molecule has 0 saturated heterocycles. The zero-order chi connectivity index (χ0) is 13.1. The molecule has 5 heteroatoms. The van der Waals surface area contributed by atoms with Crippen molar-refractivity contribution in [3.63, 3.8) is 0 Å². The van der Waals surface area contributed by atoms with Crippen molar-refractivity contribution >= 4 is 0 Å². The SMILES string of the molecule is COc1cccc(C(NN)c2cc(C)nn2C)c1. The van der Waals surface area contributed by atoms with Gasteiger partial charge in [0.15, 0.2) is 0 Å². The number of hydrazine groups is 1. The Morgan fingerprint density at radius 3 is 2.72 bits per heavy atom. The largest absolute Gasteiger partial charge is 0.497 e. The Kier molecular flexibility index (Phi) is 3.64. The van der Waals surface area contributed by atoms with E-state index in [1.807, 2.05) is 49.0 Å². The van der Waals surface area contributed by atoms with E-state index in [1.165, 1.54) is 0 Å². The zero-order valence-electron chi connectivity index (χ0n) is 10.8. The quantitative estimate of drug-likeness (QED) is 0.630. The summed E-state index contributed by atoms with van der Waals surface area (Å²) in [7, 11) is 3.56. The zero-order valence-corrected chi connectivity index (χ0v) is 10.8. The van der Waals surface area contributed by atoms with Gasteiger partial charge in [-0.1, -0.05) is 12.1 Å². The van der Waals surface area contributed by atoms with Gasteiger partial charge in [0.1, 0.15) is 5.75 Å². The Morgan fingerprint density at radius 1 is 1.39 bits per heavy atom. The Hall–Kier alpha value is -1.85. The van der Waals surface area contributed by atoms with Gasteiger partial charge in [0.05, 0.1) is 24.5 Å². The summed E-state index contributed by atoms with van der Waals surface area (Å²) in [6.45, 7) is 1.96. The fourth-order valence-electron chi connectivity index (χ4n) is 2.07. The van der Waals surface area contributed by atoms with E-state index in [0.717, 1.165) is 22.7 Å². The average Bonchev–Trinajstić information content (AvgIpc) is 2.70. The monoisotopic (exact) mass is 246 g/mol. The van der Waals surface area contributed by atoms with Crippen molar-refractivity contribution in [1.29, 1.82) is 0 Å². The molecule has 1 aromatic carbocycles. The van der Waals surface area contributed by atoms with Gasteiger partial charge >= 0.3 is 0 Å². The number of ether oxygens (including phenoxy) is 1. The molecule has 0 aliphatic heterocycles. The van der Waals surface area contributed by atoms with Crippen LogP contribution in [0.5, 0.6) is 5.75 Å². The molecule has 0 spiro atoms. The van der Waals surface area contributed by atoms with Gasteiger partial charge in [0.2, 0.25) is 0 Å². The fraction of sp³-hybridized carbons (Fsp3) is 0.308. The summed E-state index contributed by atoms with van der Waals surface area (Å²) in [5.41, 5.74) is 5.85. The number of nitrogens with zero attached hydrogens (tertiary/aromatic N) is 2. The van der Waals surface area contributed by atoms with Gasteiger partial charge in [-0.05, 0) is 30.7 Å². The third kappa shape index (κ3) is 2.37. The minimum absolute atomic E-state index is 0.105. The number of hydrogen-bond donors (Lipinski definition) is 2. The Bertz CT molecular complexity index is 536. The number of hydrogen-bond acceptors (Lipinski definition) is 4. The topological polar surface area (TPSA) is 65.1 Å². The summed E-state index contributed by atoms with van der Waals surface area (Å²) in [6.07, 6.45) is 0. The number of nitrogens with two attached hydrogens (primary N) is 1. The van der Waals surface area contributed by atoms with Crippen LogP contribution in [-0.4, -0.2) is 16.9 Å². The smallest absolute Gasteiger partial charge is 0.119 e. The second-order valence-corrected chi connectivity index (χ2v) is 4.21. The second-order valence-electron chi connectivity index (χ2n) is 4.21. The van der Waals surface area contributed by atoms with E-state index in [0.29, 0.717) is 0 Å². The first kappa shape index (κ1) is 12.6. The molecule has 1 heterocycles. The lowest BCUT2D eigenvalue weighted by Gasteiger charge is -2.17. The highest BCUT2D eigenvalue weighted by Gasteiger charge is 2.17. The maximum absolute atomic E-state index is 5.67. The number of benzene rings is 1. The van der Waals surface area contributed by atoms with Gasteiger partial charge in [-0.15, -0.1) is 0 Å². The predicted octanol–water partition coefficient (Wildman–Crippen LogP) is 1.29. The lowest BCUT2D eigenvalue weighted by molar-refractivity contribution is 0.413. The van der Waals surface area contributed by atoms with Crippen molar-refractivity contribution in [2.75, 3.05) is 7.11 Å². The molecule has 0 radical (unpaired) electrons. The highest BCUT2D eigenvalue weighted by atomic mass is 16.5. The first-order valence-electron chi connectivity index (χ1n) is 5.76. The summed E-state index contributed by atoms with van der Waals surface area (Å²) < 4.78 is 7.06. The molecule has 2 rings (SSSR count). The molecule has 1 aromatic heterocycles. The van der Waals surface area contributed by atoms with Gasteiger partial charge in [0, 0.05) is 7.05 Å². The maximum Gasteiger partial charge on any atom is 0.119 e. The van der Waals surface area contributed by atoms with Crippen LogP contribution in [-0.2, 0) is 7.05 Å². The van der Waals surface area contributed by atoms with Gasteiger partial charge in [-0.3, -0.25) is 10.5 Å². The van der Waals surface area contributed by atoms with Crippen LogP contribution >= 0.6 is 0 Å². The maximum atomic E-state index is 5.67. The third-order valence-corrected chi connectivity index (χ3v) is 2.93. The molecule has 0 saturated carbocycles. The highest BCUT2D eigenvalue weighted by Crippen LogP contribution is 2.24. The molecule has 1 atom stereocenters. The van der Waals surface area contributed by atoms with Crippen LogP contribution in [0.1, 0.15) is 23.0 Å². The highest BCUT2D eigenvalue weighted by molar-refractivity contribution is 5.35. The number of aryl methyl sites for hydroxylation is 2. The first-order chi connectivity index (χ1) is 8.65. The van der Waals surface area contributed by atoms with E-state index in [9.17, 15) is 0 Å². The van der Waals surface area contributed by atoms with Crippen molar-refractivity contribution < 1.29 is 4.74 Å². The minimum Gasteiger partial charge on any atom is -0.497 e. The summed E-state index contributed by atoms with van der Waals surface area (Å²) >= 11 is 0. The molecular formula is C13H18N4O. The molecule has 1 unspecified atom stereocenters. The van der Waals surface area contributed by atoms with Crippen molar-refractivity contribution in [2.45, 2.75) is 13.0 Å². The van der Waals surface area contributed by atoms with Crippen molar-refractivity contribution in [1.82, 2.24) is 15.2 Å². The van der Waals surface area contributed by atoms with Crippen LogP contribution in [0.2, 0.25) is 0 Å². The van der Waals surface area contributed by atoms with E-state index in [4.69, 9.17) is 10.6 Å². The lowest BCUT2D eigenvalue weighted by atomic mass is 10.0. The molecule has 18 heavy (non-hydrogen) atoms. The van der Waals surface area contributed by atoms with Gasteiger partial charge in [0.25, 0.3) is 0 Å². The van der Waals surface area contributed by atoms with E-state index in [1.54, 1.807) is 7.11 Å². The average molecular weight is 246 g/mol. The third-order valence-electron chi connectivity index (χ3n) is 2.93. The summed E-state index contributed by atoms with van der Waals surface area (Å²) in [4.78, 5) is 0. The van der Waals surface area contributed by atoms with E-state index in [2.05, 4.69) is 10.5 Å². The van der Waals surface area contributed by atoms with Crippen LogP contribution < -0.4 is 16.0 Å². The summed E-state index contributed by atoms with van der Waals surface area (Å²) in [5.74, 6) is 6.49. The molecule has 0 aliphatic rings. The Morgan fingerprint density at radius 2 is 2.17 bits per heavy atom. The molecule has 5 nitrogen and oxygen atoms in total. The van der Waals surface area contributed by atoms with Crippen LogP contribution in [0.15, 0.2) is 30.3 Å². The van der Waals surface area contributed by atoms with Crippen molar-refractivity contribution in [2.24, 2.45) is 12.9 Å². The van der Waals surface area contributed by atoms with Crippen molar-refractivity contribution in [3.8, 4) is 5.75 Å². The van der Waals surface area contributed by atoms with Crippen LogP contribution in [0.4, 0.5) is 0 Å². The normalized spacial score (nSPS) is 12.4. The van der Waals surface area contributed by atoms with E-state index >= 15 is 0 Å². The Labute approximate surface area is 107 Å². The molecule has 0 aliphatic carbocycles. The number of rotatable bonds is 4. The van der Waals surface area contributed by atoms with Gasteiger partial charge < -0.3 is 4.74 Å². The summed E-state index contributed by atoms with van der Waals surface area (Å²) in [6, 6.07) is 9.74. The van der Waals surface area contributed by atoms with Crippen LogP contribution in [0.3, 0.4) is 0 Å².